The minimum absolute atomic E-state index is 0.123. The van der Waals surface area contributed by atoms with Crippen molar-refractivity contribution in [3.63, 3.8) is 0 Å². The van der Waals surface area contributed by atoms with Gasteiger partial charge >= 0.3 is 0 Å². The Kier molecular flexibility index (Phi) is 3.65. The Morgan fingerprint density at radius 3 is 2.82 bits per heavy atom. The summed E-state index contributed by atoms with van der Waals surface area (Å²) in [7, 11) is 3.19. The average molecular weight is 368 g/mol. The third kappa shape index (κ3) is 2.38. The Balaban J connectivity index is 1.98. The van der Waals surface area contributed by atoms with Crippen molar-refractivity contribution < 1.29 is 19.2 Å². The monoisotopic (exact) mass is 367 g/mol. The van der Waals surface area contributed by atoms with Gasteiger partial charge in [-0.05, 0) is 15.9 Å². The second-order valence-electron chi connectivity index (χ2n) is 5.13. The first kappa shape index (κ1) is 15.0. The second-order valence-corrected chi connectivity index (χ2v) is 5.94. The summed E-state index contributed by atoms with van der Waals surface area (Å²) in [6.45, 7) is 0.467. The van der Waals surface area contributed by atoms with E-state index in [1.807, 2.05) is 0 Å². The number of hydrogen-bond acceptors (Lipinski definition) is 6. The van der Waals surface area contributed by atoms with Crippen molar-refractivity contribution in [3.8, 4) is 17.1 Å². The van der Waals surface area contributed by atoms with E-state index >= 15 is 0 Å². The fourth-order valence-corrected chi connectivity index (χ4v) is 2.81. The highest BCUT2D eigenvalue weighted by Crippen LogP contribution is 2.35. The number of aromatic nitrogens is 2. The molecule has 0 saturated carbocycles. The maximum Gasteiger partial charge on any atom is 0.262 e. The van der Waals surface area contributed by atoms with Gasteiger partial charge in [0.05, 0.1) is 12.8 Å². The van der Waals surface area contributed by atoms with Gasteiger partial charge in [0.15, 0.2) is 5.76 Å². The van der Waals surface area contributed by atoms with Gasteiger partial charge in [-0.25, -0.2) is 4.98 Å². The molecule has 3 heterocycles. The number of methoxy groups -OCH3 is 1. The zero-order valence-electron chi connectivity index (χ0n) is 12.0. The predicted octanol–water partition coefficient (Wildman–Crippen LogP) is 1.56. The first-order chi connectivity index (χ1) is 10.4. The number of rotatable bonds is 3. The summed E-state index contributed by atoms with van der Waals surface area (Å²) in [6.07, 6.45) is 0.270. The summed E-state index contributed by atoms with van der Waals surface area (Å²) in [6, 6.07) is 4.94. The molecule has 3 rings (SSSR count). The number of halogens is 1. The van der Waals surface area contributed by atoms with E-state index < -0.39 is 11.5 Å². The lowest BCUT2D eigenvalue weighted by molar-refractivity contribution is -0.144. The number of likely N-dealkylation sites (N-methyl/N-ethyl adjacent to an activating group) is 1. The topological polar surface area (TPSA) is 88.7 Å². The molecule has 1 atom stereocenters. The maximum atomic E-state index is 12.1. The zero-order chi connectivity index (χ0) is 15.9. The summed E-state index contributed by atoms with van der Waals surface area (Å²) in [5, 5.41) is 14.4. The quantitative estimate of drug-likeness (QED) is 0.828. The van der Waals surface area contributed by atoms with Crippen LogP contribution >= 0.6 is 15.9 Å². The van der Waals surface area contributed by atoms with E-state index in [-0.39, 0.29) is 12.2 Å². The first-order valence-corrected chi connectivity index (χ1v) is 7.40. The van der Waals surface area contributed by atoms with E-state index in [1.165, 1.54) is 11.0 Å². The van der Waals surface area contributed by atoms with Crippen molar-refractivity contribution in [2.45, 2.75) is 12.0 Å². The largest absolute Gasteiger partial charge is 0.497 e. The highest BCUT2D eigenvalue weighted by Gasteiger charge is 2.48. The number of ether oxygens (including phenoxy) is 1. The summed E-state index contributed by atoms with van der Waals surface area (Å²) in [5.74, 6) is 0.337. The fraction of sp³-hybridized carbons (Fsp3) is 0.357. The number of carbonyl (C=O) groups excluding carboxylic acids is 1. The molecule has 1 aliphatic heterocycles. The molecule has 0 radical (unpaired) electrons. The molecule has 0 bridgehead atoms. The fourth-order valence-electron chi connectivity index (χ4n) is 2.40. The van der Waals surface area contributed by atoms with Crippen LogP contribution in [-0.4, -0.2) is 46.8 Å². The van der Waals surface area contributed by atoms with Crippen LogP contribution in [-0.2, 0) is 10.4 Å². The molecule has 0 spiro atoms. The lowest BCUT2D eigenvalue weighted by Crippen LogP contribution is -2.35. The average Bonchev–Trinajstić information content (AvgIpc) is 3.09. The van der Waals surface area contributed by atoms with Gasteiger partial charge < -0.3 is 19.3 Å². The van der Waals surface area contributed by atoms with Gasteiger partial charge in [0.1, 0.15) is 16.0 Å². The third-order valence-electron chi connectivity index (χ3n) is 3.69. The Bertz CT molecular complexity index is 733. The van der Waals surface area contributed by atoms with Gasteiger partial charge in [0.25, 0.3) is 5.91 Å². The van der Waals surface area contributed by atoms with Gasteiger partial charge in [-0.1, -0.05) is 5.16 Å². The number of carbonyl (C=O) groups is 1. The van der Waals surface area contributed by atoms with Crippen LogP contribution in [0, 0.1) is 0 Å². The molecule has 0 aliphatic carbocycles. The highest BCUT2D eigenvalue weighted by molar-refractivity contribution is 9.10. The van der Waals surface area contributed by atoms with Crippen molar-refractivity contribution in [2.75, 3.05) is 20.7 Å². The summed E-state index contributed by atoms with van der Waals surface area (Å²) in [5.41, 5.74) is -0.718. The Morgan fingerprint density at radius 2 is 2.18 bits per heavy atom. The standard InChI is InChI=1S/C14H14BrN3O4/c1-18-4-3-14(20,13(18)19)11-7-10(17-22-11)9-5-8(21-2)6-12(15)16-9/h5-7,20H,3-4H2,1-2H3/t14-/m1/s1. The van der Waals surface area contributed by atoms with Crippen LogP contribution < -0.4 is 4.74 Å². The molecule has 1 N–H and O–H groups in total. The van der Waals surface area contributed by atoms with Crippen LogP contribution in [0.4, 0.5) is 0 Å². The van der Waals surface area contributed by atoms with E-state index in [2.05, 4.69) is 26.1 Å². The molecular formula is C14H14BrN3O4. The summed E-state index contributed by atoms with van der Waals surface area (Å²) < 4.78 is 11.0. The number of nitrogens with zero attached hydrogens (tertiary/aromatic N) is 3. The van der Waals surface area contributed by atoms with Gasteiger partial charge in [0.2, 0.25) is 5.60 Å². The third-order valence-corrected chi connectivity index (χ3v) is 4.10. The van der Waals surface area contributed by atoms with Crippen molar-refractivity contribution in [1.82, 2.24) is 15.0 Å². The number of likely N-dealkylation sites (tertiary alicyclic amines) is 1. The highest BCUT2D eigenvalue weighted by atomic mass is 79.9. The number of aliphatic hydroxyl groups is 1. The van der Waals surface area contributed by atoms with E-state index in [0.29, 0.717) is 28.3 Å². The molecule has 1 saturated heterocycles. The smallest absolute Gasteiger partial charge is 0.262 e. The zero-order valence-corrected chi connectivity index (χ0v) is 13.6. The van der Waals surface area contributed by atoms with Crippen molar-refractivity contribution in [1.29, 1.82) is 0 Å². The van der Waals surface area contributed by atoms with Crippen LogP contribution in [0.2, 0.25) is 0 Å². The van der Waals surface area contributed by atoms with Gasteiger partial charge in [-0.2, -0.15) is 0 Å². The molecule has 1 aliphatic rings. The lowest BCUT2D eigenvalue weighted by Gasteiger charge is -2.16. The molecule has 22 heavy (non-hydrogen) atoms. The Morgan fingerprint density at radius 1 is 1.41 bits per heavy atom. The van der Waals surface area contributed by atoms with E-state index in [0.717, 1.165) is 0 Å². The molecular weight excluding hydrogens is 354 g/mol. The van der Waals surface area contributed by atoms with Crippen molar-refractivity contribution >= 4 is 21.8 Å². The first-order valence-electron chi connectivity index (χ1n) is 6.61. The molecule has 0 unspecified atom stereocenters. The van der Waals surface area contributed by atoms with Crippen molar-refractivity contribution in [2.24, 2.45) is 0 Å². The molecule has 2 aromatic rings. The molecule has 8 heteroatoms. The SMILES string of the molecule is COc1cc(Br)nc(-c2cc([C@]3(O)CCN(C)C3=O)on2)c1. The van der Waals surface area contributed by atoms with E-state index in [9.17, 15) is 9.90 Å². The number of pyridine rings is 1. The molecule has 1 amide bonds. The Labute approximate surface area is 135 Å². The maximum absolute atomic E-state index is 12.1. The molecule has 0 aromatic carbocycles. The molecule has 1 fully saturated rings. The minimum atomic E-state index is -1.66. The second kappa shape index (κ2) is 5.36. The van der Waals surface area contributed by atoms with Crippen LogP contribution in [0.15, 0.2) is 27.3 Å². The van der Waals surface area contributed by atoms with Crippen LogP contribution in [0.25, 0.3) is 11.4 Å². The van der Waals surface area contributed by atoms with Crippen LogP contribution in [0.1, 0.15) is 12.2 Å². The molecule has 116 valence electrons. The summed E-state index contributed by atoms with van der Waals surface area (Å²) in [4.78, 5) is 17.8. The molecule has 7 nitrogen and oxygen atoms in total. The van der Waals surface area contributed by atoms with Gasteiger partial charge in [0, 0.05) is 38.2 Å². The minimum Gasteiger partial charge on any atom is -0.497 e. The molecule has 2 aromatic heterocycles. The predicted molar refractivity (Wildman–Crippen MR) is 80.1 cm³/mol. The van der Waals surface area contributed by atoms with Gasteiger partial charge in [-0.15, -0.1) is 0 Å². The van der Waals surface area contributed by atoms with Crippen molar-refractivity contribution in [3.05, 3.63) is 28.6 Å². The normalized spacial score (nSPS) is 21.5. The Hall–Kier alpha value is -1.93. The van der Waals surface area contributed by atoms with E-state index in [4.69, 9.17) is 9.26 Å². The number of amides is 1. The summed E-state index contributed by atoms with van der Waals surface area (Å²) >= 11 is 3.29. The van der Waals surface area contributed by atoms with Crippen LogP contribution in [0.5, 0.6) is 5.75 Å². The lowest BCUT2D eigenvalue weighted by atomic mass is 9.98. The van der Waals surface area contributed by atoms with Crippen LogP contribution in [0.3, 0.4) is 0 Å². The van der Waals surface area contributed by atoms with E-state index in [1.54, 1.807) is 26.3 Å². The van der Waals surface area contributed by atoms with Gasteiger partial charge in [-0.3, -0.25) is 4.79 Å². The number of hydrogen-bond donors (Lipinski definition) is 1.